The van der Waals surface area contributed by atoms with Crippen LogP contribution in [0.4, 0.5) is 11.8 Å². The summed E-state index contributed by atoms with van der Waals surface area (Å²) in [4.78, 5) is 16.6. The topological polar surface area (TPSA) is 95.0 Å². The Hall–Kier alpha value is -2.69. The van der Waals surface area contributed by atoms with E-state index in [2.05, 4.69) is 25.0 Å². The Morgan fingerprint density at radius 3 is 2.86 bits per heavy atom. The zero-order valence-electron chi connectivity index (χ0n) is 11.9. The van der Waals surface area contributed by atoms with Crippen LogP contribution in [0.3, 0.4) is 0 Å². The number of anilines is 2. The van der Waals surface area contributed by atoms with Crippen molar-refractivity contribution in [3.63, 3.8) is 0 Å². The summed E-state index contributed by atoms with van der Waals surface area (Å²) in [5, 5.41) is 12.7. The van der Waals surface area contributed by atoms with Crippen molar-refractivity contribution in [1.82, 2.24) is 20.1 Å². The predicted octanol–water partition coefficient (Wildman–Crippen LogP) is 1.14. The molecule has 1 atom stereocenters. The van der Waals surface area contributed by atoms with E-state index in [1.807, 2.05) is 20.2 Å². The van der Waals surface area contributed by atoms with Crippen LogP contribution in [0.2, 0.25) is 0 Å². The summed E-state index contributed by atoms with van der Waals surface area (Å²) in [7, 11) is 3.74. The van der Waals surface area contributed by atoms with Crippen LogP contribution >= 0.6 is 0 Å². The summed E-state index contributed by atoms with van der Waals surface area (Å²) >= 11 is 0. The largest absolute Gasteiger partial charge is 0.344 e. The Morgan fingerprint density at radius 1 is 1.38 bits per heavy atom. The maximum absolute atomic E-state index is 8.77. The molecule has 3 rings (SSSR count). The summed E-state index contributed by atoms with van der Waals surface area (Å²) in [6, 6.07) is 1.97. The lowest BCUT2D eigenvalue weighted by atomic mass is 10.2. The van der Waals surface area contributed by atoms with Crippen LogP contribution in [0.5, 0.6) is 0 Å². The molecule has 21 heavy (non-hydrogen) atoms. The number of hydrogen-bond acceptors (Lipinski definition) is 8. The Bertz CT molecular complexity index is 658. The van der Waals surface area contributed by atoms with Crippen molar-refractivity contribution in [2.45, 2.75) is 18.9 Å². The van der Waals surface area contributed by atoms with Gasteiger partial charge in [0, 0.05) is 20.6 Å². The van der Waals surface area contributed by atoms with Crippen LogP contribution in [-0.4, -0.2) is 40.7 Å². The molecular formula is C13H15N7O. The standard InChI is InChI=1S/C13H15N7O/c1-19(2)13-17-12(21-18-13)10-4-3-5-20(10)11-8-15-9(6-14)7-16-11/h7-8,10H,3-5H2,1-2H3/t10-/m1/s1. The van der Waals surface area contributed by atoms with Crippen LogP contribution in [0.15, 0.2) is 16.9 Å². The van der Waals surface area contributed by atoms with Gasteiger partial charge in [-0.15, -0.1) is 0 Å². The number of aromatic nitrogens is 4. The molecule has 1 fully saturated rings. The molecule has 0 unspecified atom stereocenters. The highest BCUT2D eigenvalue weighted by Crippen LogP contribution is 2.34. The van der Waals surface area contributed by atoms with E-state index in [1.165, 1.54) is 6.20 Å². The fraction of sp³-hybridized carbons (Fsp3) is 0.462. The Balaban J connectivity index is 1.85. The van der Waals surface area contributed by atoms with E-state index < -0.39 is 0 Å². The lowest BCUT2D eigenvalue weighted by Crippen LogP contribution is -2.24. The molecule has 1 saturated heterocycles. The molecule has 0 amide bonds. The van der Waals surface area contributed by atoms with Gasteiger partial charge >= 0.3 is 0 Å². The smallest absolute Gasteiger partial charge is 0.265 e. The number of nitriles is 1. The third kappa shape index (κ3) is 2.50. The fourth-order valence-corrected chi connectivity index (χ4v) is 2.37. The Morgan fingerprint density at radius 2 is 2.24 bits per heavy atom. The molecule has 2 aromatic rings. The summed E-state index contributed by atoms with van der Waals surface area (Å²) < 4.78 is 5.36. The molecule has 8 heteroatoms. The van der Waals surface area contributed by atoms with E-state index in [9.17, 15) is 0 Å². The quantitative estimate of drug-likeness (QED) is 0.828. The van der Waals surface area contributed by atoms with Crippen LogP contribution in [0.25, 0.3) is 0 Å². The van der Waals surface area contributed by atoms with Crippen molar-refractivity contribution in [3.8, 4) is 6.07 Å². The predicted molar refractivity (Wildman–Crippen MR) is 74.7 cm³/mol. The van der Waals surface area contributed by atoms with E-state index in [-0.39, 0.29) is 6.04 Å². The van der Waals surface area contributed by atoms with Gasteiger partial charge in [0.15, 0.2) is 5.69 Å². The molecule has 0 saturated carbocycles. The second-order valence-corrected chi connectivity index (χ2v) is 5.05. The first-order chi connectivity index (χ1) is 10.2. The second kappa shape index (κ2) is 5.36. The average molecular weight is 285 g/mol. The molecular weight excluding hydrogens is 270 g/mol. The lowest BCUT2D eigenvalue weighted by molar-refractivity contribution is 0.354. The van der Waals surface area contributed by atoms with Gasteiger partial charge in [-0.3, -0.25) is 0 Å². The molecule has 0 radical (unpaired) electrons. The first kappa shape index (κ1) is 13.3. The first-order valence-corrected chi connectivity index (χ1v) is 6.69. The minimum atomic E-state index is 0.00781. The highest BCUT2D eigenvalue weighted by Gasteiger charge is 2.32. The third-order valence-electron chi connectivity index (χ3n) is 3.42. The summed E-state index contributed by atoms with van der Waals surface area (Å²) in [6.07, 6.45) is 5.03. The second-order valence-electron chi connectivity index (χ2n) is 5.05. The normalized spacial score (nSPS) is 17.8. The van der Waals surface area contributed by atoms with E-state index >= 15 is 0 Å². The van der Waals surface area contributed by atoms with Crippen molar-refractivity contribution >= 4 is 11.8 Å². The van der Waals surface area contributed by atoms with E-state index in [1.54, 1.807) is 11.1 Å². The van der Waals surface area contributed by atoms with Gasteiger partial charge in [-0.1, -0.05) is 0 Å². The van der Waals surface area contributed by atoms with Crippen molar-refractivity contribution in [3.05, 3.63) is 24.0 Å². The summed E-state index contributed by atoms with van der Waals surface area (Å²) in [6.45, 7) is 0.852. The number of hydrogen-bond donors (Lipinski definition) is 0. The molecule has 8 nitrogen and oxygen atoms in total. The lowest BCUT2D eigenvalue weighted by Gasteiger charge is -2.22. The van der Waals surface area contributed by atoms with Crippen molar-refractivity contribution < 1.29 is 4.52 Å². The van der Waals surface area contributed by atoms with Gasteiger partial charge in [0.1, 0.15) is 17.9 Å². The molecule has 0 aliphatic carbocycles. The van der Waals surface area contributed by atoms with Gasteiger partial charge in [0.25, 0.3) is 11.8 Å². The minimum absolute atomic E-state index is 0.00781. The van der Waals surface area contributed by atoms with Gasteiger partial charge in [0.05, 0.1) is 12.4 Å². The summed E-state index contributed by atoms with van der Waals surface area (Å²) in [5.74, 6) is 1.87. The third-order valence-corrected chi connectivity index (χ3v) is 3.42. The Kier molecular flexibility index (Phi) is 3.39. The van der Waals surface area contributed by atoms with Gasteiger partial charge in [0.2, 0.25) is 0 Å². The Labute approximate surface area is 122 Å². The average Bonchev–Trinajstić information content (AvgIpc) is 3.16. The van der Waals surface area contributed by atoms with Gasteiger partial charge < -0.3 is 14.3 Å². The monoisotopic (exact) mass is 285 g/mol. The highest BCUT2D eigenvalue weighted by molar-refractivity contribution is 5.41. The molecule has 1 aliphatic heterocycles. The van der Waals surface area contributed by atoms with Crippen LogP contribution in [-0.2, 0) is 0 Å². The van der Waals surface area contributed by atoms with Crippen LogP contribution in [0.1, 0.15) is 30.5 Å². The molecule has 0 spiro atoms. The zero-order chi connectivity index (χ0) is 14.8. The molecule has 1 aliphatic rings. The molecule has 0 bridgehead atoms. The van der Waals surface area contributed by atoms with Crippen molar-refractivity contribution in [2.24, 2.45) is 0 Å². The maximum Gasteiger partial charge on any atom is 0.265 e. The molecule has 0 N–H and O–H groups in total. The molecule has 2 aromatic heterocycles. The summed E-state index contributed by atoms with van der Waals surface area (Å²) in [5.41, 5.74) is 0.308. The molecule has 108 valence electrons. The number of rotatable bonds is 3. The van der Waals surface area contributed by atoms with Gasteiger partial charge in [-0.05, 0) is 18.0 Å². The van der Waals surface area contributed by atoms with E-state index in [0.29, 0.717) is 17.5 Å². The fourth-order valence-electron chi connectivity index (χ4n) is 2.37. The van der Waals surface area contributed by atoms with Crippen LogP contribution in [0, 0.1) is 11.3 Å². The maximum atomic E-state index is 8.77. The van der Waals surface area contributed by atoms with Gasteiger partial charge in [-0.2, -0.15) is 10.2 Å². The SMILES string of the molecule is CN(C)c1noc([C@H]2CCCN2c2cnc(C#N)cn2)n1. The molecule has 0 aromatic carbocycles. The van der Waals surface area contributed by atoms with Crippen molar-refractivity contribution in [1.29, 1.82) is 5.26 Å². The minimum Gasteiger partial charge on any atom is -0.344 e. The van der Waals surface area contributed by atoms with E-state index in [0.717, 1.165) is 25.2 Å². The number of nitrogens with zero attached hydrogens (tertiary/aromatic N) is 7. The first-order valence-electron chi connectivity index (χ1n) is 6.69. The van der Waals surface area contributed by atoms with Crippen molar-refractivity contribution in [2.75, 3.05) is 30.4 Å². The van der Waals surface area contributed by atoms with E-state index in [4.69, 9.17) is 9.78 Å². The zero-order valence-corrected chi connectivity index (χ0v) is 11.9. The molecule has 3 heterocycles. The van der Waals surface area contributed by atoms with Crippen LogP contribution < -0.4 is 9.80 Å². The van der Waals surface area contributed by atoms with Gasteiger partial charge in [-0.25, -0.2) is 9.97 Å². The highest BCUT2D eigenvalue weighted by atomic mass is 16.5.